The maximum Gasteiger partial charge on any atom is 0.350 e. The van der Waals surface area contributed by atoms with E-state index in [0.717, 1.165) is 0 Å². The van der Waals surface area contributed by atoms with E-state index in [1.165, 1.54) is 18.3 Å². The second-order valence-electron chi connectivity index (χ2n) is 3.74. The van der Waals surface area contributed by atoms with Crippen LogP contribution >= 0.6 is 0 Å². The highest BCUT2D eigenvalue weighted by molar-refractivity contribution is 5.93. The molecule has 0 amide bonds. The topological polar surface area (TPSA) is 105 Å². The highest BCUT2D eigenvalue weighted by atomic mass is 16.6. The van der Waals surface area contributed by atoms with E-state index in [2.05, 4.69) is 5.32 Å². The third kappa shape index (κ3) is 3.55. The van der Waals surface area contributed by atoms with Crippen LogP contribution < -0.4 is 5.32 Å². The molecule has 0 saturated carbocycles. The molecule has 1 aromatic carbocycles. The molecule has 0 atom stereocenters. The summed E-state index contributed by atoms with van der Waals surface area (Å²) in [6.45, 7) is 3.36. The van der Waals surface area contributed by atoms with E-state index < -0.39 is 10.9 Å². The molecule has 20 heavy (non-hydrogen) atoms. The molecule has 1 N–H and O–H groups in total. The van der Waals surface area contributed by atoms with Gasteiger partial charge < -0.3 is 10.1 Å². The molecule has 0 bridgehead atoms. The Bertz CT molecular complexity index is 602. The number of nitrogens with one attached hydrogen (secondary N) is 1. The Morgan fingerprint density at radius 3 is 2.85 bits per heavy atom. The highest BCUT2D eigenvalue weighted by Gasteiger charge is 2.14. The van der Waals surface area contributed by atoms with E-state index in [4.69, 9.17) is 10.00 Å². The molecule has 0 aromatic heterocycles. The van der Waals surface area contributed by atoms with Crippen molar-refractivity contribution in [2.45, 2.75) is 13.8 Å². The first-order valence-corrected chi connectivity index (χ1v) is 5.79. The molecule has 7 nitrogen and oxygen atoms in total. The number of nitrogens with zero attached hydrogens (tertiary/aromatic N) is 2. The fourth-order valence-corrected chi connectivity index (χ4v) is 1.47. The fourth-order valence-electron chi connectivity index (χ4n) is 1.47. The van der Waals surface area contributed by atoms with Gasteiger partial charge in [0.1, 0.15) is 6.07 Å². The van der Waals surface area contributed by atoms with Crippen molar-refractivity contribution in [2.24, 2.45) is 0 Å². The number of anilines is 1. The molecule has 0 saturated heterocycles. The molecule has 104 valence electrons. The summed E-state index contributed by atoms with van der Waals surface area (Å²) >= 11 is 0. The zero-order chi connectivity index (χ0) is 15.1. The summed E-state index contributed by atoms with van der Waals surface area (Å²) < 4.78 is 4.70. The summed E-state index contributed by atoms with van der Waals surface area (Å²) in [6, 6.07) is 6.20. The minimum Gasteiger partial charge on any atom is -0.462 e. The van der Waals surface area contributed by atoms with Gasteiger partial charge in [-0.15, -0.1) is 0 Å². The first-order chi connectivity index (χ1) is 9.51. The molecular weight excluding hydrogens is 262 g/mol. The number of esters is 1. The van der Waals surface area contributed by atoms with E-state index in [1.54, 1.807) is 26.0 Å². The Morgan fingerprint density at radius 1 is 1.60 bits per heavy atom. The van der Waals surface area contributed by atoms with Crippen LogP contribution in [0.25, 0.3) is 0 Å². The van der Waals surface area contributed by atoms with Crippen LogP contribution in [0.3, 0.4) is 0 Å². The van der Waals surface area contributed by atoms with E-state index >= 15 is 0 Å². The summed E-state index contributed by atoms with van der Waals surface area (Å²) in [5, 5.41) is 22.4. The molecule has 0 aliphatic carbocycles. The lowest BCUT2D eigenvalue weighted by atomic mass is 10.1. The van der Waals surface area contributed by atoms with Crippen molar-refractivity contribution in [1.29, 1.82) is 5.26 Å². The number of ether oxygens (including phenoxy) is 1. The van der Waals surface area contributed by atoms with Gasteiger partial charge in [0.25, 0.3) is 5.69 Å². The highest BCUT2D eigenvalue weighted by Crippen LogP contribution is 2.25. The standard InChI is InChI=1S/C13H13N3O4/c1-3-20-13(17)10(7-14)8-15-11-5-4-6-12(9(11)2)16(18)19/h4-6,8,15H,3H2,1-2H3/b10-8+. The van der Waals surface area contributed by atoms with Crippen molar-refractivity contribution in [3.05, 3.63) is 45.6 Å². The lowest BCUT2D eigenvalue weighted by Crippen LogP contribution is -2.08. The number of carbonyl (C=O) groups is 1. The number of nitro benzene ring substituents is 1. The second kappa shape index (κ2) is 6.89. The summed E-state index contributed by atoms with van der Waals surface area (Å²) in [5.74, 6) is -0.745. The molecule has 0 spiro atoms. The Kier molecular flexibility index (Phi) is 5.23. The van der Waals surface area contributed by atoms with Gasteiger partial charge in [0.05, 0.1) is 17.1 Å². The molecule has 1 rings (SSSR count). The Balaban J connectivity index is 2.99. The third-order valence-electron chi connectivity index (χ3n) is 2.49. The van der Waals surface area contributed by atoms with E-state index in [0.29, 0.717) is 11.3 Å². The van der Waals surface area contributed by atoms with Crippen molar-refractivity contribution in [2.75, 3.05) is 11.9 Å². The van der Waals surface area contributed by atoms with Crippen LogP contribution in [-0.4, -0.2) is 17.5 Å². The summed E-state index contributed by atoms with van der Waals surface area (Å²) in [4.78, 5) is 21.7. The van der Waals surface area contributed by atoms with Crippen LogP contribution in [0.1, 0.15) is 12.5 Å². The minimum absolute atomic E-state index is 0.0435. The maximum absolute atomic E-state index is 11.4. The summed E-state index contributed by atoms with van der Waals surface area (Å²) in [5.41, 5.74) is 0.599. The first-order valence-electron chi connectivity index (χ1n) is 5.79. The first kappa shape index (κ1) is 15.2. The molecular formula is C13H13N3O4. The lowest BCUT2D eigenvalue weighted by Gasteiger charge is -2.06. The van der Waals surface area contributed by atoms with E-state index in [-0.39, 0.29) is 17.9 Å². The van der Waals surface area contributed by atoms with Gasteiger partial charge >= 0.3 is 5.97 Å². The third-order valence-corrected chi connectivity index (χ3v) is 2.49. The molecule has 0 unspecified atom stereocenters. The van der Waals surface area contributed by atoms with Crippen LogP contribution in [0.5, 0.6) is 0 Å². The van der Waals surface area contributed by atoms with Crippen LogP contribution in [0, 0.1) is 28.4 Å². The van der Waals surface area contributed by atoms with Crippen molar-refractivity contribution >= 4 is 17.3 Å². The van der Waals surface area contributed by atoms with E-state index in [9.17, 15) is 14.9 Å². The Morgan fingerprint density at radius 2 is 2.30 bits per heavy atom. The van der Waals surface area contributed by atoms with Crippen LogP contribution in [0.2, 0.25) is 0 Å². The Hall–Kier alpha value is -2.88. The zero-order valence-corrected chi connectivity index (χ0v) is 11.0. The van der Waals surface area contributed by atoms with Gasteiger partial charge in [-0.2, -0.15) is 5.26 Å². The monoisotopic (exact) mass is 275 g/mol. The molecule has 0 radical (unpaired) electrons. The number of benzene rings is 1. The average molecular weight is 275 g/mol. The number of nitriles is 1. The van der Waals surface area contributed by atoms with Gasteiger partial charge in [0.15, 0.2) is 5.57 Å². The second-order valence-corrected chi connectivity index (χ2v) is 3.74. The minimum atomic E-state index is -0.745. The largest absolute Gasteiger partial charge is 0.462 e. The predicted octanol–water partition coefficient (Wildman–Crippen LogP) is 2.29. The quantitative estimate of drug-likeness (QED) is 0.290. The molecule has 7 heteroatoms. The van der Waals surface area contributed by atoms with Gasteiger partial charge in [-0.1, -0.05) is 6.07 Å². The lowest BCUT2D eigenvalue weighted by molar-refractivity contribution is -0.385. The predicted molar refractivity (Wildman–Crippen MR) is 71.8 cm³/mol. The number of nitro groups is 1. The maximum atomic E-state index is 11.4. The van der Waals surface area contributed by atoms with Gasteiger partial charge in [0, 0.05) is 18.0 Å². The van der Waals surface area contributed by atoms with Crippen molar-refractivity contribution in [1.82, 2.24) is 0 Å². The van der Waals surface area contributed by atoms with Crippen molar-refractivity contribution in [3.8, 4) is 6.07 Å². The zero-order valence-electron chi connectivity index (χ0n) is 11.0. The number of hydrogen-bond acceptors (Lipinski definition) is 6. The van der Waals surface area contributed by atoms with Crippen molar-refractivity contribution < 1.29 is 14.5 Å². The molecule has 0 aliphatic heterocycles. The Labute approximate surface area is 115 Å². The average Bonchev–Trinajstić information content (AvgIpc) is 2.41. The molecule has 0 aliphatic rings. The molecule has 1 aromatic rings. The van der Waals surface area contributed by atoms with Crippen LogP contribution in [0.4, 0.5) is 11.4 Å². The van der Waals surface area contributed by atoms with Gasteiger partial charge in [0.2, 0.25) is 0 Å². The van der Waals surface area contributed by atoms with Crippen LogP contribution in [-0.2, 0) is 9.53 Å². The SMILES string of the molecule is CCOC(=O)/C(C#N)=C/Nc1cccc([N+](=O)[O-])c1C. The van der Waals surface area contributed by atoms with Gasteiger partial charge in [-0.05, 0) is 19.9 Å². The number of rotatable bonds is 5. The summed E-state index contributed by atoms with van der Waals surface area (Å²) in [6.07, 6.45) is 1.17. The molecule has 0 heterocycles. The van der Waals surface area contributed by atoms with Gasteiger partial charge in [-0.25, -0.2) is 4.79 Å². The van der Waals surface area contributed by atoms with Gasteiger partial charge in [-0.3, -0.25) is 10.1 Å². The normalized spacial score (nSPS) is 10.6. The van der Waals surface area contributed by atoms with Crippen molar-refractivity contribution in [3.63, 3.8) is 0 Å². The summed E-state index contributed by atoms with van der Waals surface area (Å²) in [7, 11) is 0. The number of hydrogen-bond donors (Lipinski definition) is 1. The fraction of sp³-hybridized carbons (Fsp3) is 0.231. The van der Waals surface area contributed by atoms with E-state index in [1.807, 2.05) is 0 Å². The smallest absolute Gasteiger partial charge is 0.350 e. The number of carbonyl (C=O) groups excluding carboxylic acids is 1. The molecule has 0 fully saturated rings. The van der Waals surface area contributed by atoms with Crippen LogP contribution in [0.15, 0.2) is 30.0 Å².